The van der Waals surface area contributed by atoms with Gasteiger partial charge in [0.1, 0.15) is 12.4 Å². The smallest absolute Gasteiger partial charge is 0.162 e. The minimum absolute atomic E-state index is 0.135. The predicted molar refractivity (Wildman–Crippen MR) is 111 cm³/mol. The Morgan fingerprint density at radius 1 is 0.964 bits per heavy atom. The van der Waals surface area contributed by atoms with Gasteiger partial charge in [0.25, 0.3) is 0 Å². The van der Waals surface area contributed by atoms with Gasteiger partial charge in [0.15, 0.2) is 11.5 Å². The molecule has 0 amide bonds. The van der Waals surface area contributed by atoms with Gasteiger partial charge in [0.2, 0.25) is 0 Å². The molecule has 0 aliphatic carbocycles. The molecule has 0 radical (unpaired) electrons. The highest BCUT2D eigenvalue weighted by atomic mass is 79.9. The maximum absolute atomic E-state index is 13.8. The van der Waals surface area contributed by atoms with E-state index in [1.165, 1.54) is 6.07 Å². The number of halogens is 2. The second-order valence-electron chi connectivity index (χ2n) is 6.13. The molecule has 4 nitrogen and oxygen atoms in total. The summed E-state index contributed by atoms with van der Waals surface area (Å²) in [4.78, 5) is 4.30. The minimum Gasteiger partial charge on any atom is -0.490 e. The van der Waals surface area contributed by atoms with Gasteiger partial charge in [-0.2, -0.15) is 0 Å². The molecule has 1 aromatic heterocycles. The molecule has 1 N–H and O–H groups in total. The van der Waals surface area contributed by atoms with Gasteiger partial charge in [-0.3, -0.25) is 4.98 Å². The lowest BCUT2D eigenvalue weighted by Gasteiger charge is -2.16. The lowest BCUT2D eigenvalue weighted by atomic mass is 10.2. The third kappa shape index (κ3) is 5.53. The molecule has 3 aromatic rings. The summed E-state index contributed by atoms with van der Waals surface area (Å²) in [7, 11) is 0. The van der Waals surface area contributed by atoms with Crippen LogP contribution in [-0.2, 0) is 19.7 Å². The summed E-state index contributed by atoms with van der Waals surface area (Å²) >= 11 is 3.59. The summed E-state index contributed by atoms with van der Waals surface area (Å²) in [6, 6.07) is 16.2. The van der Waals surface area contributed by atoms with Gasteiger partial charge in [0, 0.05) is 29.3 Å². The molecule has 0 saturated heterocycles. The highest BCUT2D eigenvalue weighted by Gasteiger charge is 2.12. The fourth-order valence-electron chi connectivity index (χ4n) is 2.69. The molecular weight excluding hydrogens is 423 g/mol. The van der Waals surface area contributed by atoms with E-state index in [0.717, 1.165) is 15.7 Å². The molecule has 0 atom stereocenters. The van der Waals surface area contributed by atoms with Crippen LogP contribution in [0.15, 0.2) is 65.3 Å². The van der Waals surface area contributed by atoms with Gasteiger partial charge >= 0.3 is 0 Å². The number of pyridine rings is 1. The monoisotopic (exact) mass is 444 g/mol. The van der Waals surface area contributed by atoms with E-state index in [-0.39, 0.29) is 12.4 Å². The Bertz CT molecular complexity index is 906. The Morgan fingerprint density at radius 3 is 2.50 bits per heavy atom. The molecule has 1 heterocycles. The first-order valence-electron chi connectivity index (χ1n) is 9.09. The Labute approximate surface area is 172 Å². The fraction of sp³-hybridized carbons (Fsp3) is 0.227. The molecule has 0 spiro atoms. The Hall–Kier alpha value is -2.44. The molecule has 2 aromatic carbocycles. The van der Waals surface area contributed by atoms with E-state index in [0.29, 0.717) is 36.8 Å². The Kier molecular flexibility index (Phi) is 7.39. The fourth-order valence-corrected chi connectivity index (χ4v) is 3.16. The van der Waals surface area contributed by atoms with Crippen molar-refractivity contribution >= 4 is 15.9 Å². The lowest BCUT2D eigenvalue weighted by molar-refractivity contribution is 0.265. The van der Waals surface area contributed by atoms with E-state index in [1.54, 1.807) is 24.4 Å². The van der Waals surface area contributed by atoms with Crippen LogP contribution in [-0.4, -0.2) is 11.6 Å². The molecule has 146 valence electrons. The van der Waals surface area contributed by atoms with Crippen LogP contribution in [0.25, 0.3) is 0 Å². The van der Waals surface area contributed by atoms with Crippen LogP contribution in [0.5, 0.6) is 11.5 Å². The van der Waals surface area contributed by atoms with Crippen LogP contribution in [0.3, 0.4) is 0 Å². The maximum Gasteiger partial charge on any atom is 0.162 e. The average molecular weight is 445 g/mol. The SMILES string of the molecule is CCOc1cc(CNCc2ccccn2)c(Br)cc1OCc1ccccc1F. The average Bonchev–Trinajstić information content (AvgIpc) is 2.71. The van der Waals surface area contributed by atoms with Crippen molar-refractivity contribution in [1.29, 1.82) is 0 Å². The molecule has 0 aliphatic rings. The van der Waals surface area contributed by atoms with Crippen molar-refractivity contribution in [2.45, 2.75) is 26.6 Å². The van der Waals surface area contributed by atoms with Crippen LogP contribution in [0, 0.1) is 5.82 Å². The van der Waals surface area contributed by atoms with Crippen molar-refractivity contribution in [2.75, 3.05) is 6.61 Å². The molecule has 0 unspecified atom stereocenters. The summed E-state index contributed by atoms with van der Waals surface area (Å²) in [5.74, 6) is 0.928. The van der Waals surface area contributed by atoms with Gasteiger partial charge in [-0.15, -0.1) is 0 Å². The molecule has 0 bridgehead atoms. The predicted octanol–water partition coefficient (Wildman–Crippen LogP) is 5.25. The van der Waals surface area contributed by atoms with Crippen molar-refractivity contribution in [2.24, 2.45) is 0 Å². The van der Waals surface area contributed by atoms with Crippen molar-refractivity contribution in [3.05, 3.63) is 87.9 Å². The standard InChI is InChI=1S/C22H22BrFN2O2/c1-2-27-21-11-17(13-25-14-18-8-5-6-10-26-18)19(23)12-22(21)28-15-16-7-3-4-9-20(16)24/h3-12,25H,2,13-15H2,1H3. The number of ether oxygens (including phenoxy) is 2. The Morgan fingerprint density at radius 2 is 1.75 bits per heavy atom. The Balaban J connectivity index is 1.69. The van der Waals surface area contributed by atoms with Crippen LogP contribution >= 0.6 is 15.9 Å². The van der Waals surface area contributed by atoms with E-state index in [9.17, 15) is 4.39 Å². The van der Waals surface area contributed by atoms with Gasteiger partial charge in [-0.05, 0) is 42.8 Å². The number of hydrogen-bond acceptors (Lipinski definition) is 4. The quantitative estimate of drug-likeness (QED) is 0.489. The van der Waals surface area contributed by atoms with E-state index in [2.05, 4.69) is 26.2 Å². The summed E-state index contributed by atoms with van der Waals surface area (Å²) in [6.45, 7) is 3.88. The summed E-state index contributed by atoms with van der Waals surface area (Å²) in [5, 5.41) is 3.37. The number of hydrogen-bond donors (Lipinski definition) is 1. The highest BCUT2D eigenvalue weighted by Crippen LogP contribution is 2.34. The molecule has 0 fully saturated rings. The topological polar surface area (TPSA) is 43.4 Å². The van der Waals surface area contributed by atoms with Gasteiger partial charge in [-0.1, -0.05) is 40.2 Å². The zero-order chi connectivity index (χ0) is 19.8. The van der Waals surface area contributed by atoms with Crippen molar-refractivity contribution in [3.8, 4) is 11.5 Å². The van der Waals surface area contributed by atoms with Crippen molar-refractivity contribution in [1.82, 2.24) is 10.3 Å². The van der Waals surface area contributed by atoms with Crippen LogP contribution in [0.1, 0.15) is 23.7 Å². The van der Waals surface area contributed by atoms with Crippen LogP contribution in [0.2, 0.25) is 0 Å². The normalized spacial score (nSPS) is 10.7. The first kappa shape index (κ1) is 20.3. The zero-order valence-corrected chi connectivity index (χ0v) is 17.2. The maximum atomic E-state index is 13.8. The first-order chi connectivity index (χ1) is 13.7. The molecule has 3 rings (SSSR count). The molecular formula is C22H22BrFN2O2. The summed E-state index contributed by atoms with van der Waals surface area (Å²) in [6.07, 6.45) is 1.78. The third-order valence-electron chi connectivity index (χ3n) is 4.10. The summed E-state index contributed by atoms with van der Waals surface area (Å²) < 4.78 is 26.3. The molecule has 0 aliphatic heterocycles. The number of rotatable bonds is 9. The largest absolute Gasteiger partial charge is 0.490 e. The van der Waals surface area contributed by atoms with E-state index >= 15 is 0 Å². The lowest BCUT2D eigenvalue weighted by Crippen LogP contribution is -2.14. The van der Waals surface area contributed by atoms with Gasteiger partial charge in [0.05, 0.1) is 12.3 Å². The second-order valence-corrected chi connectivity index (χ2v) is 6.98. The number of aromatic nitrogens is 1. The van der Waals surface area contributed by atoms with E-state index < -0.39 is 0 Å². The molecule has 28 heavy (non-hydrogen) atoms. The third-order valence-corrected chi connectivity index (χ3v) is 4.84. The number of nitrogens with zero attached hydrogens (tertiary/aromatic N) is 1. The van der Waals surface area contributed by atoms with E-state index in [4.69, 9.17) is 9.47 Å². The number of benzene rings is 2. The van der Waals surface area contributed by atoms with Gasteiger partial charge in [-0.25, -0.2) is 4.39 Å². The molecule has 6 heteroatoms. The number of nitrogens with one attached hydrogen (secondary N) is 1. The van der Waals surface area contributed by atoms with E-state index in [1.807, 2.05) is 37.3 Å². The highest BCUT2D eigenvalue weighted by molar-refractivity contribution is 9.10. The molecule has 0 saturated carbocycles. The summed E-state index contributed by atoms with van der Waals surface area (Å²) in [5.41, 5.74) is 2.52. The minimum atomic E-state index is -0.283. The van der Waals surface area contributed by atoms with Crippen LogP contribution in [0.4, 0.5) is 4.39 Å². The first-order valence-corrected chi connectivity index (χ1v) is 9.88. The van der Waals surface area contributed by atoms with Crippen molar-refractivity contribution in [3.63, 3.8) is 0 Å². The van der Waals surface area contributed by atoms with Gasteiger partial charge < -0.3 is 14.8 Å². The van der Waals surface area contributed by atoms with Crippen LogP contribution < -0.4 is 14.8 Å². The second kappa shape index (κ2) is 10.2. The van der Waals surface area contributed by atoms with Crippen molar-refractivity contribution < 1.29 is 13.9 Å². The zero-order valence-electron chi connectivity index (χ0n) is 15.6.